The minimum absolute atomic E-state index is 0.0293. The van der Waals surface area contributed by atoms with E-state index in [-0.39, 0.29) is 62.2 Å². The Labute approximate surface area is 403 Å². The van der Waals surface area contributed by atoms with Crippen LogP contribution >= 0.6 is 16.0 Å². The van der Waals surface area contributed by atoms with E-state index >= 15 is 0 Å². The minimum Gasteiger partial charge on any atom is -0.455 e. The SMILES string of the molecule is CC(C)(C)OC(=O)N[C@@H](CCCCNC(=O)OCc1ccc(N=[N+]=[N-])cc1)C(=O)O[C@H]1[C@@H](O)[C@H](n2cnc3c(N)ncnc32)O[C@@H]1COP(=O)(O)O[C@H]1C[C@H](N(C=O)/C=C\C(=N)N)O[C@@H]1CO[P+](O)(O)O. The van der Waals surface area contributed by atoms with Crippen LogP contribution in [0.3, 0.4) is 0 Å². The van der Waals surface area contributed by atoms with Crippen LogP contribution in [0.25, 0.3) is 21.6 Å². The lowest BCUT2D eigenvalue weighted by Crippen LogP contribution is -2.47. The molecular formula is C38H54N13O18P2+. The Kier molecular flexibility index (Phi) is 19.5. The second-order valence-corrected chi connectivity index (χ2v) is 19.2. The van der Waals surface area contributed by atoms with Crippen molar-refractivity contribution in [2.45, 2.75) is 108 Å². The number of carbonyl (C=O) groups excluding carboxylic acids is 4. The maximum atomic E-state index is 14.1. The zero-order valence-corrected chi connectivity index (χ0v) is 39.9. The summed E-state index contributed by atoms with van der Waals surface area (Å²) in [6.45, 7) is 2.98. The van der Waals surface area contributed by atoms with Gasteiger partial charge in [0, 0.05) is 29.8 Å². The Balaban J connectivity index is 1.30. The van der Waals surface area contributed by atoms with Crippen molar-refractivity contribution in [2.75, 3.05) is 25.5 Å². The number of nitrogens with one attached hydrogen (secondary N) is 3. The number of benzene rings is 1. The molecule has 71 heavy (non-hydrogen) atoms. The molecule has 1 unspecified atom stereocenters. The van der Waals surface area contributed by atoms with Crippen LogP contribution in [0, 0.1) is 5.41 Å². The molecule has 33 heteroatoms. The number of nitrogens with two attached hydrogens (primary N) is 2. The zero-order valence-electron chi connectivity index (χ0n) is 38.1. The molecule has 3 aromatic rings. The molecule has 0 bridgehead atoms. The molecule has 9 atom stereocenters. The number of nitrogens with zero attached hydrogens (tertiary/aromatic N) is 8. The van der Waals surface area contributed by atoms with Crippen molar-refractivity contribution in [3.63, 3.8) is 0 Å². The highest BCUT2D eigenvalue weighted by Gasteiger charge is 2.51. The van der Waals surface area contributed by atoms with Gasteiger partial charge >= 0.3 is 34.1 Å². The van der Waals surface area contributed by atoms with Crippen molar-refractivity contribution in [2.24, 2.45) is 10.8 Å². The van der Waals surface area contributed by atoms with Crippen molar-refractivity contribution in [3.8, 4) is 0 Å². The van der Waals surface area contributed by atoms with Gasteiger partial charge in [0.05, 0.1) is 12.9 Å². The average molecular weight is 1040 g/mol. The number of anilines is 1. The van der Waals surface area contributed by atoms with Gasteiger partial charge in [-0.3, -0.25) is 28.7 Å². The van der Waals surface area contributed by atoms with Gasteiger partial charge in [-0.25, -0.2) is 33.9 Å². The molecule has 2 fully saturated rings. The third-order valence-electron chi connectivity index (χ3n) is 10.00. The van der Waals surface area contributed by atoms with Crippen molar-refractivity contribution in [1.82, 2.24) is 35.1 Å². The van der Waals surface area contributed by atoms with Gasteiger partial charge in [-0.1, -0.05) is 29.4 Å². The number of alkyl carbamates (subject to hydrolysis) is 2. The molecule has 12 N–H and O–H groups in total. The first-order chi connectivity index (χ1) is 33.5. The Bertz CT molecular complexity index is 2470. The first-order valence-corrected chi connectivity index (χ1v) is 24.3. The number of nitrogen functional groups attached to an aromatic ring is 1. The van der Waals surface area contributed by atoms with E-state index in [4.69, 9.17) is 55.1 Å². The van der Waals surface area contributed by atoms with Crippen molar-refractivity contribution in [3.05, 3.63) is 65.2 Å². The number of aromatic nitrogens is 4. The summed E-state index contributed by atoms with van der Waals surface area (Å²) in [6, 6.07) is 4.89. The fraction of sp³-hybridized carbons (Fsp3) is 0.526. The number of esters is 1. The predicted octanol–water partition coefficient (Wildman–Crippen LogP) is 1.71. The molecule has 31 nitrogen and oxygen atoms in total. The summed E-state index contributed by atoms with van der Waals surface area (Å²) in [5.41, 5.74) is 20.1. The number of amidine groups is 1. The van der Waals surface area contributed by atoms with Gasteiger partial charge in [0.15, 0.2) is 23.8 Å². The number of carbonyl (C=O) groups is 4. The maximum absolute atomic E-state index is 14.1. The fourth-order valence-corrected chi connectivity index (χ4v) is 8.13. The minimum atomic E-state index is -5.29. The van der Waals surface area contributed by atoms with Gasteiger partial charge in [-0.15, -0.1) is 0 Å². The van der Waals surface area contributed by atoms with Crippen LogP contribution in [0.1, 0.15) is 58.2 Å². The highest BCUT2D eigenvalue weighted by Crippen LogP contribution is 2.50. The first kappa shape index (κ1) is 55.8. The van der Waals surface area contributed by atoms with E-state index in [1.54, 1.807) is 45.0 Å². The van der Waals surface area contributed by atoms with Gasteiger partial charge in [0.2, 0.25) is 6.41 Å². The molecule has 2 aliphatic rings. The summed E-state index contributed by atoms with van der Waals surface area (Å²) in [7, 11) is -10.2. The topological polar surface area (TPSA) is 456 Å². The number of amides is 3. The molecule has 0 saturated carbocycles. The standard InChI is InChI=1S/C38H53N13O18P2/c1-38(2,3)68-37(56)47-23(6-4-5-12-43-36(55)62-15-21-7-9-22(10-8-21)48-49-42)35(54)67-31-26(66-34(30(31)53)51-19-46-29-32(41)44-18-45-33(29)51)17-64-71(60,61)69-24-14-28(50(20-52)13-11-27(39)40)65-25(24)16-63-70(57,58)59/h7-11,13,18-20,23-26,28,30-31,34,53,57-59H,4-6,12,14-17H2,1-3H3,(H7-,39,40,41,43,44,45,47,55,56,60,61)/p+1/b13-11-/t23-,24-,25+,26+,28+,30+,31+,34+/m0/s1. The molecule has 0 spiro atoms. The van der Waals surface area contributed by atoms with E-state index in [1.165, 1.54) is 10.9 Å². The Hall–Kier alpha value is -6.17. The normalized spacial score (nSPS) is 22.5. The molecule has 5 rings (SSSR count). The number of fused-ring (bicyclic) bond motifs is 1. The zero-order chi connectivity index (χ0) is 52.1. The second kappa shape index (κ2) is 24.8. The van der Waals surface area contributed by atoms with Crippen molar-refractivity contribution in [1.29, 1.82) is 5.41 Å². The van der Waals surface area contributed by atoms with Gasteiger partial charge in [-0.05, 0) is 57.2 Å². The average Bonchev–Trinajstić information content (AvgIpc) is 3.98. The van der Waals surface area contributed by atoms with E-state index in [2.05, 4.69) is 40.1 Å². The van der Waals surface area contributed by atoms with Gasteiger partial charge < -0.3 is 55.8 Å². The van der Waals surface area contributed by atoms with Crippen LogP contribution in [0.2, 0.25) is 0 Å². The van der Waals surface area contributed by atoms with Crippen LogP contribution in [-0.2, 0) is 58.0 Å². The number of ether oxygens (including phenoxy) is 5. The number of imidazole rings is 1. The summed E-state index contributed by atoms with van der Waals surface area (Å²) in [6.07, 6.45) is -7.99. The smallest absolute Gasteiger partial charge is 0.455 e. The third-order valence-corrected chi connectivity index (χ3v) is 11.5. The van der Waals surface area contributed by atoms with Crippen LogP contribution < -0.4 is 22.1 Å². The lowest BCUT2D eigenvalue weighted by Gasteiger charge is -2.26. The molecular weight excluding hydrogens is 988 g/mol. The second-order valence-electron chi connectivity index (χ2n) is 16.5. The van der Waals surface area contributed by atoms with Gasteiger partial charge in [0.1, 0.15) is 73.2 Å². The highest BCUT2D eigenvalue weighted by molar-refractivity contribution is 7.53. The van der Waals surface area contributed by atoms with Crippen molar-refractivity contribution >= 4 is 69.1 Å². The fourth-order valence-electron chi connectivity index (χ4n) is 6.83. The number of phosphoric acid groups is 1. The Morgan fingerprint density at radius 1 is 1.13 bits per heavy atom. The van der Waals surface area contributed by atoms with Gasteiger partial charge in [0.25, 0.3) is 0 Å². The van der Waals surface area contributed by atoms with Crippen LogP contribution in [0.15, 0.2) is 54.3 Å². The molecule has 4 heterocycles. The summed E-state index contributed by atoms with van der Waals surface area (Å²) in [5.74, 6) is -1.59. The van der Waals surface area contributed by atoms with E-state index in [0.29, 0.717) is 11.3 Å². The number of rotatable bonds is 24. The molecule has 1 aromatic carbocycles. The van der Waals surface area contributed by atoms with Crippen LogP contribution in [-0.4, -0.2) is 148 Å². The number of aliphatic hydroxyl groups excluding tert-OH is 1. The Morgan fingerprint density at radius 2 is 1.86 bits per heavy atom. The Morgan fingerprint density at radius 3 is 2.52 bits per heavy atom. The number of unbranched alkanes of at least 4 members (excludes halogenated alkanes) is 1. The number of aliphatic hydroxyl groups is 1. The predicted molar refractivity (Wildman–Crippen MR) is 242 cm³/mol. The monoisotopic (exact) mass is 1040 g/mol. The number of phosphoric ester groups is 1. The number of hydrogen-bond acceptors (Lipinski definition) is 23. The number of hydrogen-bond donors (Lipinski definition) is 10. The summed E-state index contributed by atoms with van der Waals surface area (Å²) >= 11 is 0. The molecule has 3 amide bonds. The molecule has 0 radical (unpaired) electrons. The molecule has 388 valence electrons. The first-order valence-electron chi connectivity index (χ1n) is 21.2. The lowest BCUT2D eigenvalue weighted by atomic mass is 10.1. The summed E-state index contributed by atoms with van der Waals surface area (Å²) in [5, 5.41) is 27.7. The summed E-state index contributed by atoms with van der Waals surface area (Å²) < 4.78 is 58.3. The van der Waals surface area contributed by atoms with E-state index in [1.807, 2.05) is 0 Å². The molecule has 2 aliphatic heterocycles. The third kappa shape index (κ3) is 17.0. The van der Waals surface area contributed by atoms with Crippen LogP contribution in [0.4, 0.5) is 21.1 Å². The maximum Gasteiger partial charge on any atom is 0.567 e. The van der Waals surface area contributed by atoms with Gasteiger partial charge in [-0.2, -0.15) is 19.2 Å². The molecule has 0 aliphatic carbocycles. The quantitative estimate of drug-likeness (QED) is 0.00583. The van der Waals surface area contributed by atoms with Crippen LogP contribution in [0.5, 0.6) is 0 Å². The van der Waals surface area contributed by atoms with E-state index in [9.17, 15) is 48.4 Å². The summed E-state index contributed by atoms with van der Waals surface area (Å²) in [4.78, 5) is 106. The van der Waals surface area contributed by atoms with E-state index < -0.39 is 108 Å². The molecule has 2 aromatic heterocycles. The molecule has 2 saturated heterocycles. The van der Waals surface area contributed by atoms with Crippen molar-refractivity contribution < 1.29 is 85.7 Å². The largest absolute Gasteiger partial charge is 0.567 e. The highest BCUT2D eigenvalue weighted by atomic mass is 31.2. The lowest BCUT2D eigenvalue weighted by molar-refractivity contribution is -0.159. The van der Waals surface area contributed by atoms with E-state index in [0.717, 1.165) is 23.5 Å². The number of azide groups is 1.